The van der Waals surface area contributed by atoms with Crippen LogP contribution in [0.1, 0.15) is 27.2 Å². The van der Waals surface area contributed by atoms with E-state index in [1.54, 1.807) is 0 Å². The quantitative estimate of drug-likeness (QED) is 0.536. The van der Waals surface area contributed by atoms with E-state index in [1.807, 2.05) is 0 Å². The Kier molecular flexibility index (Phi) is 2.22. The molecule has 0 N–H and O–H groups in total. The van der Waals surface area contributed by atoms with Crippen LogP contribution in [-0.2, 0) is 0 Å². The second-order valence-corrected chi connectivity index (χ2v) is 4.98. The molecule has 0 saturated heterocycles. The van der Waals surface area contributed by atoms with Gasteiger partial charge in [-0.15, -0.1) is 0 Å². The number of hydrogen-bond donors (Lipinski definition) is 0. The summed E-state index contributed by atoms with van der Waals surface area (Å²) in [5, 5.41) is 0. The number of fused-ring (bicyclic) bond motifs is 1. The van der Waals surface area contributed by atoms with Crippen LogP contribution in [0.3, 0.4) is 0 Å². The van der Waals surface area contributed by atoms with Crippen LogP contribution in [0.4, 0.5) is 0 Å². The zero-order valence-electron chi connectivity index (χ0n) is 9.25. The lowest BCUT2D eigenvalue weighted by molar-refractivity contribution is 0.627. The minimum atomic E-state index is 0.197. The molecule has 14 heavy (non-hydrogen) atoms. The molecule has 0 saturated carbocycles. The highest BCUT2D eigenvalue weighted by molar-refractivity contribution is 5.51. The summed E-state index contributed by atoms with van der Waals surface area (Å²) in [6, 6.07) is 0. The van der Waals surface area contributed by atoms with E-state index in [0.29, 0.717) is 5.92 Å². The van der Waals surface area contributed by atoms with Crippen LogP contribution >= 0.6 is 0 Å². The van der Waals surface area contributed by atoms with Crippen molar-refractivity contribution in [2.45, 2.75) is 27.2 Å². The molecule has 74 valence electrons. The van der Waals surface area contributed by atoms with E-state index < -0.39 is 0 Å². The Balaban J connectivity index is 2.40. The van der Waals surface area contributed by atoms with E-state index in [0.717, 1.165) is 0 Å². The van der Waals surface area contributed by atoms with Gasteiger partial charge in [0.25, 0.3) is 0 Å². The highest BCUT2D eigenvalue weighted by Gasteiger charge is 2.16. The van der Waals surface area contributed by atoms with E-state index >= 15 is 0 Å². The van der Waals surface area contributed by atoms with Gasteiger partial charge in [0.15, 0.2) is 0 Å². The van der Waals surface area contributed by atoms with Crippen LogP contribution in [0.2, 0.25) is 0 Å². The molecule has 0 aromatic carbocycles. The molecule has 0 nitrogen and oxygen atoms in total. The fraction of sp³-hybridized carbons (Fsp3) is 0.429. The number of rotatable bonds is 0. The van der Waals surface area contributed by atoms with Crippen molar-refractivity contribution >= 4 is 0 Å². The van der Waals surface area contributed by atoms with Crippen molar-refractivity contribution in [2.75, 3.05) is 0 Å². The molecular weight excluding hydrogens is 168 g/mol. The highest BCUT2D eigenvalue weighted by atomic mass is 14.2. The molecule has 0 heteroatoms. The molecule has 0 spiro atoms. The van der Waals surface area contributed by atoms with Gasteiger partial charge in [0.05, 0.1) is 0 Å². The van der Waals surface area contributed by atoms with E-state index in [4.69, 9.17) is 0 Å². The third kappa shape index (κ3) is 1.89. The SMILES string of the molecule is CC1C=C2C=CC(C)(C)C=CC2=CC1. The summed E-state index contributed by atoms with van der Waals surface area (Å²) in [7, 11) is 0. The van der Waals surface area contributed by atoms with Crippen molar-refractivity contribution in [1.82, 2.24) is 0 Å². The Hall–Kier alpha value is -1.04. The van der Waals surface area contributed by atoms with Gasteiger partial charge in [-0.1, -0.05) is 57.2 Å². The van der Waals surface area contributed by atoms with Crippen LogP contribution in [-0.4, -0.2) is 0 Å². The topological polar surface area (TPSA) is 0 Å². The summed E-state index contributed by atoms with van der Waals surface area (Å²) in [5.74, 6) is 0.688. The molecule has 1 unspecified atom stereocenters. The highest BCUT2D eigenvalue weighted by Crippen LogP contribution is 2.31. The molecule has 2 aliphatic carbocycles. The third-order valence-corrected chi connectivity index (χ3v) is 2.89. The first-order chi connectivity index (χ1) is 6.57. The lowest BCUT2D eigenvalue weighted by Gasteiger charge is -2.13. The molecule has 0 aromatic rings. The van der Waals surface area contributed by atoms with Crippen LogP contribution in [0.25, 0.3) is 0 Å². The Bertz CT molecular complexity index is 348. The van der Waals surface area contributed by atoms with Crippen LogP contribution in [0.5, 0.6) is 0 Å². The molecule has 0 amide bonds. The first-order valence-corrected chi connectivity index (χ1v) is 5.38. The second-order valence-electron chi connectivity index (χ2n) is 4.98. The maximum absolute atomic E-state index is 2.37. The summed E-state index contributed by atoms with van der Waals surface area (Å²) in [4.78, 5) is 0. The average Bonchev–Trinajstić information content (AvgIpc) is 2.26. The summed E-state index contributed by atoms with van der Waals surface area (Å²) < 4.78 is 0. The summed E-state index contributed by atoms with van der Waals surface area (Å²) in [6.45, 7) is 6.75. The minimum Gasteiger partial charge on any atom is -0.0761 e. The fourth-order valence-electron chi connectivity index (χ4n) is 1.88. The minimum absolute atomic E-state index is 0.197. The van der Waals surface area contributed by atoms with Gasteiger partial charge >= 0.3 is 0 Å². The predicted molar refractivity (Wildman–Crippen MR) is 62.0 cm³/mol. The van der Waals surface area contributed by atoms with Crippen LogP contribution < -0.4 is 0 Å². The van der Waals surface area contributed by atoms with E-state index in [-0.39, 0.29) is 5.41 Å². The largest absolute Gasteiger partial charge is 0.0761 e. The molecule has 1 atom stereocenters. The molecule has 0 heterocycles. The molecule has 0 fully saturated rings. The smallest absolute Gasteiger partial charge is 0.00111 e. The molecule has 2 aliphatic rings. The Morgan fingerprint density at radius 1 is 1.14 bits per heavy atom. The zero-order chi connectivity index (χ0) is 10.2. The van der Waals surface area contributed by atoms with E-state index in [9.17, 15) is 0 Å². The van der Waals surface area contributed by atoms with Crippen molar-refractivity contribution in [2.24, 2.45) is 11.3 Å². The monoisotopic (exact) mass is 186 g/mol. The van der Waals surface area contributed by atoms with Crippen molar-refractivity contribution < 1.29 is 0 Å². The van der Waals surface area contributed by atoms with Gasteiger partial charge in [-0.3, -0.25) is 0 Å². The third-order valence-electron chi connectivity index (χ3n) is 2.89. The molecule has 0 radical (unpaired) electrons. The molecule has 0 bridgehead atoms. The van der Waals surface area contributed by atoms with Gasteiger partial charge in [-0.05, 0) is 23.5 Å². The summed E-state index contributed by atoms with van der Waals surface area (Å²) in [5.41, 5.74) is 2.98. The van der Waals surface area contributed by atoms with E-state index in [1.165, 1.54) is 17.6 Å². The summed E-state index contributed by atoms with van der Waals surface area (Å²) in [6.07, 6.45) is 15.0. The van der Waals surface area contributed by atoms with Gasteiger partial charge in [0.2, 0.25) is 0 Å². The average molecular weight is 186 g/mol. The van der Waals surface area contributed by atoms with Gasteiger partial charge in [-0.2, -0.15) is 0 Å². The second kappa shape index (κ2) is 3.27. The molecule has 2 rings (SSSR count). The van der Waals surface area contributed by atoms with Crippen LogP contribution in [0, 0.1) is 11.3 Å². The number of allylic oxidation sites excluding steroid dienone is 8. The van der Waals surface area contributed by atoms with Gasteiger partial charge < -0.3 is 0 Å². The molecular formula is C14H18. The van der Waals surface area contributed by atoms with Crippen molar-refractivity contribution in [1.29, 1.82) is 0 Å². The fourth-order valence-corrected chi connectivity index (χ4v) is 1.88. The lowest BCUT2D eigenvalue weighted by atomic mass is 9.92. The Morgan fingerprint density at radius 3 is 2.50 bits per heavy atom. The molecule has 0 aliphatic heterocycles. The maximum atomic E-state index is 2.37. The van der Waals surface area contributed by atoms with Gasteiger partial charge in [0.1, 0.15) is 0 Å². The Labute approximate surface area is 86.7 Å². The normalized spacial score (nSPS) is 28.9. The van der Waals surface area contributed by atoms with Gasteiger partial charge in [0, 0.05) is 5.41 Å². The lowest BCUT2D eigenvalue weighted by Crippen LogP contribution is -2.00. The Morgan fingerprint density at radius 2 is 1.79 bits per heavy atom. The first-order valence-electron chi connectivity index (χ1n) is 5.38. The van der Waals surface area contributed by atoms with E-state index in [2.05, 4.69) is 57.2 Å². The standard InChI is InChI=1S/C14H18/c1-11-4-5-12-6-8-14(2,3)9-7-13(12)10-11/h5-11H,4H2,1-3H3. The summed E-state index contributed by atoms with van der Waals surface area (Å²) >= 11 is 0. The zero-order valence-corrected chi connectivity index (χ0v) is 9.25. The predicted octanol–water partition coefficient (Wildman–Crippen LogP) is 4.03. The van der Waals surface area contributed by atoms with Crippen molar-refractivity contribution in [3.8, 4) is 0 Å². The van der Waals surface area contributed by atoms with Crippen molar-refractivity contribution in [3.05, 3.63) is 47.6 Å². The first kappa shape index (κ1) is 9.51. The van der Waals surface area contributed by atoms with Gasteiger partial charge in [-0.25, -0.2) is 0 Å². The number of hydrogen-bond acceptors (Lipinski definition) is 0. The van der Waals surface area contributed by atoms with Crippen LogP contribution in [0.15, 0.2) is 47.6 Å². The molecule has 0 aromatic heterocycles. The maximum Gasteiger partial charge on any atom is 0.00111 e. The van der Waals surface area contributed by atoms with Crippen molar-refractivity contribution in [3.63, 3.8) is 0 Å².